The summed E-state index contributed by atoms with van der Waals surface area (Å²) in [6.45, 7) is 0.201. The molecule has 1 amide bonds. The molecule has 0 atom stereocenters. The van der Waals surface area contributed by atoms with Crippen LogP contribution in [0.25, 0.3) is 11.1 Å². The fraction of sp³-hybridized carbons (Fsp3) is 0.417. The van der Waals surface area contributed by atoms with Crippen molar-refractivity contribution < 1.29 is 28.6 Å². The zero-order valence-electron chi connectivity index (χ0n) is 20.0. The first kappa shape index (κ1) is 26.0. The van der Waals surface area contributed by atoms with Gasteiger partial charge in [0.1, 0.15) is 0 Å². The lowest BCUT2D eigenvalue weighted by atomic mass is 9.96. The second-order valence-electron chi connectivity index (χ2n) is 7.08. The molecular formula is C24H32N2O7. The smallest absolute Gasteiger partial charge is 0.236 e. The number of fused-ring (bicyclic) bond motifs is 3. The molecule has 0 bridgehead atoms. The van der Waals surface area contributed by atoms with E-state index in [0.29, 0.717) is 23.0 Å². The van der Waals surface area contributed by atoms with Crippen molar-refractivity contribution in [3.63, 3.8) is 0 Å². The molecule has 0 unspecified atom stereocenters. The number of aryl methyl sites for hydroxylation is 2. The summed E-state index contributed by atoms with van der Waals surface area (Å²) in [4.78, 5) is 27.0. The molecule has 0 aromatic heterocycles. The highest BCUT2D eigenvalue weighted by Gasteiger charge is 2.25. The van der Waals surface area contributed by atoms with E-state index in [-0.39, 0.29) is 17.9 Å². The van der Waals surface area contributed by atoms with Crippen molar-refractivity contribution in [3.8, 4) is 34.1 Å². The van der Waals surface area contributed by atoms with Crippen LogP contribution in [0.15, 0.2) is 29.1 Å². The number of rotatable bonds is 7. The minimum Gasteiger partial charge on any atom is -0.493 e. The van der Waals surface area contributed by atoms with Gasteiger partial charge in [-0.15, -0.1) is 0 Å². The van der Waals surface area contributed by atoms with E-state index in [1.807, 2.05) is 12.1 Å². The number of carbonyl (C=O) groups is 1. The first-order valence-electron chi connectivity index (χ1n) is 10.4. The highest BCUT2D eigenvalue weighted by molar-refractivity contribution is 5.82. The fourth-order valence-electron chi connectivity index (χ4n) is 3.67. The highest BCUT2D eigenvalue weighted by atomic mass is 16.6. The molecule has 3 rings (SSSR count). The lowest BCUT2D eigenvalue weighted by Crippen LogP contribution is -2.30. The van der Waals surface area contributed by atoms with Crippen molar-refractivity contribution in [3.05, 3.63) is 45.6 Å². The van der Waals surface area contributed by atoms with Crippen LogP contribution in [0.1, 0.15) is 17.5 Å². The van der Waals surface area contributed by atoms with Crippen LogP contribution in [0.2, 0.25) is 0 Å². The standard InChI is InChI=1S/C20H22O5.C4H10N2O2/c1-22-16-9-8-14-12(10-15(16)21)6-5-7-13-11-17(23-2)19(24-3)20(25-4)18(13)14;1-5-4(7)3-6-8-2/h8-11H,5-7H2,1-4H3;6H,3H2,1-2H3,(H,5,7). The third-order valence-corrected chi connectivity index (χ3v) is 5.24. The van der Waals surface area contributed by atoms with E-state index in [2.05, 4.69) is 15.6 Å². The van der Waals surface area contributed by atoms with Gasteiger partial charge in [0.05, 0.1) is 42.1 Å². The maximum atomic E-state index is 12.3. The molecule has 1 aliphatic rings. The second-order valence-corrected chi connectivity index (χ2v) is 7.08. The molecule has 0 spiro atoms. The Hall–Kier alpha value is -3.30. The summed E-state index contributed by atoms with van der Waals surface area (Å²) < 4.78 is 21.9. The van der Waals surface area contributed by atoms with Crippen LogP contribution in [-0.4, -0.2) is 55.0 Å². The number of amides is 1. The molecule has 180 valence electrons. The van der Waals surface area contributed by atoms with Crippen molar-refractivity contribution >= 4 is 5.91 Å². The summed E-state index contributed by atoms with van der Waals surface area (Å²) in [5.41, 5.74) is 6.28. The quantitative estimate of drug-likeness (QED) is 0.606. The van der Waals surface area contributed by atoms with E-state index >= 15 is 0 Å². The maximum Gasteiger partial charge on any atom is 0.236 e. The van der Waals surface area contributed by atoms with Crippen molar-refractivity contribution in [2.45, 2.75) is 19.3 Å². The molecule has 2 N–H and O–H groups in total. The summed E-state index contributed by atoms with van der Waals surface area (Å²) in [5.74, 6) is 2.06. The van der Waals surface area contributed by atoms with Gasteiger partial charge in [0.15, 0.2) is 17.2 Å². The van der Waals surface area contributed by atoms with Gasteiger partial charge in [-0.2, -0.15) is 5.48 Å². The summed E-state index contributed by atoms with van der Waals surface area (Å²) in [5, 5.41) is 2.42. The van der Waals surface area contributed by atoms with E-state index in [4.69, 9.17) is 18.9 Å². The highest BCUT2D eigenvalue weighted by Crippen LogP contribution is 2.48. The maximum absolute atomic E-state index is 12.3. The monoisotopic (exact) mass is 460 g/mol. The van der Waals surface area contributed by atoms with E-state index in [0.717, 1.165) is 41.5 Å². The zero-order valence-corrected chi connectivity index (χ0v) is 20.0. The normalized spacial score (nSPS) is 11.6. The van der Waals surface area contributed by atoms with E-state index in [9.17, 15) is 9.59 Å². The van der Waals surface area contributed by atoms with Gasteiger partial charge in [-0.3, -0.25) is 9.59 Å². The molecule has 2 aromatic rings. The van der Waals surface area contributed by atoms with E-state index in [1.54, 1.807) is 40.5 Å². The average molecular weight is 461 g/mol. The zero-order chi connectivity index (χ0) is 24.4. The molecule has 33 heavy (non-hydrogen) atoms. The van der Waals surface area contributed by atoms with Crippen LogP contribution in [0.3, 0.4) is 0 Å². The average Bonchev–Trinajstić information content (AvgIpc) is 3.10. The lowest BCUT2D eigenvalue weighted by molar-refractivity contribution is -0.121. The predicted molar refractivity (Wildman–Crippen MR) is 125 cm³/mol. The van der Waals surface area contributed by atoms with Crippen molar-refractivity contribution in [2.75, 3.05) is 49.1 Å². The van der Waals surface area contributed by atoms with Crippen LogP contribution in [-0.2, 0) is 22.5 Å². The van der Waals surface area contributed by atoms with Gasteiger partial charge in [-0.25, -0.2) is 0 Å². The number of ether oxygens (including phenoxy) is 4. The van der Waals surface area contributed by atoms with Gasteiger partial charge in [0.2, 0.25) is 17.1 Å². The van der Waals surface area contributed by atoms with Crippen molar-refractivity contribution in [1.29, 1.82) is 0 Å². The van der Waals surface area contributed by atoms with Crippen molar-refractivity contribution in [1.82, 2.24) is 10.8 Å². The van der Waals surface area contributed by atoms with Crippen LogP contribution < -0.4 is 35.2 Å². The Morgan fingerprint density at radius 2 is 1.55 bits per heavy atom. The Morgan fingerprint density at radius 3 is 2.12 bits per heavy atom. The summed E-state index contributed by atoms with van der Waals surface area (Å²) in [6.07, 6.45) is 2.62. The summed E-state index contributed by atoms with van der Waals surface area (Å²) >= 11 is 0. The molecule has 0 saturated carbocycles. The molecule has 1 aliphatic carbocycles. The molecule has 9 nitrogen and oxygen atoms in total. The molecule has 9 heteroatoms. The topological polar surface area (TPSA) is 104 Å². The van der Waals surface area contributed by atoms with Crippen LogP contribution in [0, 0.1) is 0 Å². The Balaban J connectivity index is 0.000000414. The van der Waals surface area contributed by atoms with Gasteiger partial charge in [0, 0.05) is 12.6 Å². The number of nitrogens with one attached hydrogen (secondary N) is 2. The lowest BCUT2D eigenvalue weighted by Gasteiger charge is -2.19. The van der Waals surface area contributed by atoms with Gasteiger partial charge in [-0.05, 0) is 54.2 Å². The van der Waals surface area contributed by atoms with Crippen molar-refractivity contribution in [2.24, 2.45) is 0 Å². The SMILES string of the molecule is CNC(=O)CNOC.COc1cc2c(c(OC)c1OC)-c1ccc(OC)c(=O)cc1CCC2. The minimum atomic E-state index is -0.119. The first-order valence-corrected chi connectivity index (χ1v) is 10.4. The number of hydroxylamine groups is 1. The number of carbonyl (C=O) groups excluding carboxylic acids is 1. The number of hydrogen-bond acceptors (Lipinski definition) is 8. The summed E-state index contributed by atoms with van der Waals surface area (Å²) in [6, 6.07) is 7.30. The number of methoxy groups -OCH3 is 4. The Morgan fingerprint density at radius 1 is 0.879 bits per heavy atom. The molecule has 0 fully saturated rings. The Labute approximate surface area is 193 Å². The molecule has 0 aliphatic heterocycles. The van der Waals surface area contributed by atoms with Gasteiger partial charge in [-0.1, -0.05) is 6.07 Å². The second kappa shape index (κ2) is 12.7. The molecule has 0 radical (unpaired) electrons. The van der Waals surface area contributed by atoms with Gasteiger partial charge >= 0.3 is 0 Å². The molecule has 0 heterocycles. The molecule has 2 aromatic carbocycles. The van der Waals surface area contributed by atoms with Gasteiger partial charge in [0.25, 0.3) is 0 Å². The predicted octanol–water partition coefficient (Wildman–Crippen LogP) is 2.12. The third kappa shape index (κ3) is 6.15. The summed E-state index contributed by atoms with van der Waals surface area (Å²) in [7, 11) is 9.36. The largest absolute Gasteiger partial charge is 0.493 e. The van der Waals surface area contributed by atoms with Gasteiger partial charge < -0.3 is 29.1 Å². The molecule has 0 saturated heterocycles. The van der Waals surface area contributed by atoms with Crippen LogP contribution in [0.5, 0.6) is 23.0 Å². The third-order valence-electron chi connectivity index (χ3n) is 5.24. The minimum absolute atomic E-state index is 0.0909. The van der Waals surface area contributed by atoms with Crippen LogP contribution >= 0.6 is 0 Å². The molecular weight excluding hydrogens is 428 g/mol. The number of hydrogen-bond donors (Lipinski definition) is 2. The first-order chi connectivity index (χ1) is 15.9. The number of likely N-dealkylation sites (N-methyl/N-ethyl adjacent to an activating group) is 1. The van der Waals surface area contributed by atoms with E-state index in [1.165, 1.54) is 14.2 Å². The Bertz CT molecular complexity index is 1020. The van der Waals surface area contributed by atoms with E-state index < -0.39 is 0 Å². The Kier molecular flexibility index (Phi) is 9.96. The van der Waals surface area contributed by atoms with Crippen LogP contribution in [0.4, 0.5) is 0 Å². The number of benzene rings is 1. The fourth-order valence-corrected chi connectivity index (χ4v) is 3.67.